The number of carbonyl (C=O) groups is 1. The van der Waals surface area contributed by atoms with Crippen molar-refractivity contribution in [1.82, 2.24) is 9.88 Å². The highest BCUT2D eigenvalue weighted by atomic mass is 16.2. The minimum atomic E-state index is -0.227. The lowest BCUT2D eigenvalue weighted by atomic mass is 10.1. The summed E-state index contributed by atoms with van der Waals surface area (Å²) in [5.74, 6) is -0.227. The van der Waals surface area contributed by atoms with Gasteiger partial charge in [-0.25, -0.2) is 0 Å². The Labute approximate surface area is 140 Å². The summed E-state index contributed by atoms with van der Waals surface area (Å²) in [6, 6.07) is 18.9. The zero-order valence-electron chi connectivity index (χ0n) is 13.7. The fraction of sp³-hybridized carbons (Fsp3) is 0.200. The summed E-state index contributed by atoms with van der Waals surface area (Å²) in [5.41, 5.74) is 1.33. The van der Waals surface area contributed by atoms with Crippen LogP contribution < -0.4 is 10.9 Å². The van der Waals surface area contributed by atoms with Crippen LogP contribution in [0, 0.1) is 0 Å². The maximum absolute atomic E-state index is 12.7. The molecule has 0 unspecified atom stereocenters. The number of nitrogens with one attached hydrogen (secondary N) is 1. The molecule has 3 rings (SSSR count). The van der Waals surface area contributed by atoms with Crippen LogP contribution in [0.2, 0.25) is 0 Å². The highest BCUT2D eigenvalue weighted by Crippen LogP contribution is 2.13. The van der Waals surface area contributed by atoms with E-state index in [0.717, 1.165) is 17.4 Å². The zero-order valence-corrected chi connectivity index (χ0v) is 13.7. The SMILES string of the molecule is CCCn1c(C(=O)NCc2ccccc2)cc2ccccc2c1=O. The van der Waals surface area contributed by atoms with Crippen LogP contribution in [0.4, 0.5) is 0 Å². The molecule has 122 valence electrons. The zero-order chi connectivity index (χ0) is 16.9. The third-order valence-corrected chi connectivity index (χ3v) is 4.00. The van der Waals surface area contributed by atoms with Gasteiger partial charge in [0.25, 0.3) is 11.5 Å². The molecule has 1 N–H and O–H groups in total. The van der Waals surface area contributed by atoms with E-state index in [1.54, 1.807) is 16.7 Å². The van der Waals surface area contributed by atoms with Crippen LogP contribution >= 0.6 is 0 Å². The first-order valence-corrected chi connectivity index (χ1v) is 8.15. The van der Waals surface area contributed by atoms with Crippen LogP contribution in [0.15, 0.2) is 65.5 Å². The van der Waals surface area contributed by atoms with Gasteiger partial charge >= 0.3 is 0 Å². The first-order valence-electron chi connectivity index (χ1n) is 8.15. The van der Waals surface area contributed by atoms with Crippen molar-refractivity contribution in [1.29, 1.82) is 0 Å². The lowest BCUT2D eigenvalue weighted by Gasteiger charge is -2.14. The molecule has 4 nitrogen and oxygen atoms in total. The minimum Gasteiger partial charge on any atom is -0.347 e. The quantitative estimate of drug-likeness (QED) is 0.784. The third kappa shape index (κ3) is 3.23. The number of amides is 1. The summed E-state index contributed by atoms with van der Waals surface area (Å²) >= 11 is 0. The standard InChI is InChI=1S/C20H20N2O2/c1-2-12-22-18(13-16-10-6-7-11-17(16)20(22)24)19(23)21-14-15-8-4-3-5-9-15/h3-11,13H,2,12,14H2,1H3,(H,21,23). The summed E-state index contributed by atoms with van der Waals surface area (Å²) in [5, 5.41) is 4.34. The highest BCUT2D eigenvalue weighted by molar-refractivity contribution is 5.96. The van der Waals surface area contributed by atoms with Gasteiger partial charge in [-0.2, -0.15) is 0 Å². The molecule has 0 bridgehead atoms. The van der Waals surface area contributed by atoms with Crippen LogP contribution in [-0.2, 0) is 13.1 Å². The van der Waals surface area contributed by atoms with Crippen LogP contribution in [0.5, 0.6) is 0 Å². The van der Waals surface area contributed by atoms with Crippen molar-refractivity contribution >= 4 is 16.7 Å². The van der Waals surface area contributed by atoms with Crippen molar-refractivity contribution in [2.45, 2.75) is 26.4 Å². The van der Waals surface area contributed by atoms with Gasteiger partial charge in [-0.15, -0.1) is 0 Å². The molecule has 0 radical (unpaired) electrons. The predicted molar refractivity (Wildman–Crippen MR) is 96.1 cm³/mol. The third-order valence-electron chi connectivity index (χ3n) is 4.00. The second kappa shape index (κ2) is 7.13. The lowest BCUT2D eigenvalue weighted by Crippen LogP contribution is -2.32. The first kappa shape index (κ1) is 16.0. The lowest BCUT2D eigenvalue weighted by molar-refractivity contribution is 0.0940. The van der Waals surface area contributed by atoms with E-state index in [1.807, 2.05) is 55.5 Å². The minimum absolute atomic E-state index is 0.111. The van der Waals surface area contributed by atoms with E-state index in [-0.39, 0.29) is 11.5 Å². The van der Waals surface area contributed by atoms with E-state index in [9.17, 15) is 9.59 Å². The van der Waals surface area contributed by atoms with Gasteiger partial charge in [-0.3, -0.25) is 9.59 Å². The number of benzene rings is 2. The number of hydrogen-bond donors (Lipinski definition) is 1. The number of nitrogens with zero attached hydrogens (tertiary/aromatic N) is 1. The Morgan fingerprint density at radius 1 is 1.04 bits per heavy atom. The van der Waals surface area contributed by atoms with Crippen LogP contribution in [0.3, 0.4) is 0 Å². The summed E-state index contributed by atoms with van der Waals surface area (Å²) in [6.07, 6.45) is 0.789. The summed E-state index contributed by atoms with van der Waals surface area (Å²) in [4.78, 5) is 25.3. The topological polar surface area (TPSA) is 51.1 Å². The Kier molecular flexibility index (Phi) is 4.75. The van der Waals surface area contributed by atoms with E-state index >= 15 is 0 Å². The van der Waals surface area contributed by atoms with E-state index in [1.165, 1.54) is 0 Å². The van der Waals surface area contributed by atoms with Crippen molar-refractivity contribution in [3.05, 3.63) is 82.3 Å². The summed E-state index contributed by atoms with van der Waals surface area (Å²) < 4.78 is 1.57. The molecule has 0 spiro atoms. The molecule has 4 heteroatoms. The van der Waals surface area contributed by atoms with Gasteiger partial charge in [-0.1, -0.05) is 55.5 Å². The number of aromatic nitrogens is 1. The van der Waals surface area contributed by atoms with Crippen molar-refractivity contribution < 1.29 is 4.79 Å². The molecule has 1 aromatic heterocycles. The van der Waals surface area contributed by atoms with Crippen LogP contribution in [0.25, 0.3) is 10.8 Å². The van der Waals surface area contributed by atoms with Gasteiger partial charge in [0, 0.05) is 18.5 Å². The number of rotatable bonds is 5. The van der Waals surface area contributed by atoms with Crippen molar-refractivity contribution in [3.8, 4) is 0 Å². The van der Waals surface area contributed by atoms with Crippen molar-refractivity contribution in [2.24, 2.45) is 0 Å². The first-order chi connectivity index (χ1) is 11.7. The highest BCUT2D eigenvalue weighted by Gasteiger charge is 2.14. The van der Waals surface area contributed by atoms with E-state index in [4.69, 9.17) is 0 Å². The molecule has 0 aliphatic rings. The molecule has 2 aromatic carbocycles. The second-order valence-corrected chi connectivity index (χ2v) is 5.74. The Bertz CT molecular complexity index is 914. The Morgan fingerprint density at radius 3 is 2.50 bits per heavy atom. The number of pyridine rings is 1. The average molecular weight is 320 g/mol. The molecule has 0 aliphatic carbocycles. The van der Waals surface area contributed by atoms with Crippen molar-refractivity contribution in [3.63, 3.8) is 0 Å². The van der Waals surface area contributed by atoms with Crippen molar-refractivity contribution in [2.75, 3.05) is 0 Å². The van der Waals surface area contributed by atoms with E-state index in [2.05, 4.69) is 5.32 Å². The summed E-state index contributed by atoms with van der Waals surface area (Å²) in [7, 11) is 0. The molecule has 0 saturated heterocycles. The van der Waals surface area contributed by atoms with E-state index < -0.39 is 0 Å². The largest absolute Gasteiger partial charge is 0.347 e. The number of fused-ring (bicyclic) bond motifs is 1. The predicted octanol–water partition coefficient (Wildman–Crippen LogP) is 3.34. The molecular formula is C20H20N2O2. The van der Waals surface area contributed by atoms with Crippen LogP contribution in [0.1, 0.15) is 29.4 Å². The monoisotopic (exact) mass is 320 g/mol. The Balaban J connectivity index is 1.96. The molecule has 3 aromatic rings. The van der Waals surface area contributed by atoms with Gasteiger partial charge in [0.05, 0.1) is 0 Å². The molecule has 24 heavy (non-hydrogen) atoms. The molecular weight excluding hydrogens is 300 g/mol. The fourth-order valence-electron chi connectivity index (χ4n) is 2.80. The molecule has 0 fully saturated rings. The Hall–Kier alpha value is -2.88. The fourth-order valence-corrected chi connectivity index (χ4v) is 2.80. The maximum Gasteiger partial charge on any atom is 0.268 e. The molecule has 0 aliphatic heterocycles. The van der Waals surface area contributed by atoms with E-state index in [0.29, 0.717) is 24.2 Å². The second-order valence-electron chi connectivity index (χ2n) is 5.74. The van der Waals surface area contributed by atoms with Gasteiger partial charge in [0.15, 0.2) is 0 Å². The van der Waals surface area contributed by atoms with Crippen LogP contribution in [-0.4, -0.2) is 10.5 Å². The molecule has 1 heterocycles. The maximum atomic E-state index is 12.7. The smallest absolute Gasteiger partial charge is 0.268 e. The normalized spacial score (nSPS) is 10.7. The van der Waals surface area contributed by atoms with Gasteiger partial charge in [0.2, 0.25) is 0 Å². The van der Waals surface area contributed by atoms with Gasteiger partial charge < -0.3 is 9.88 Å². The van der Waals surface area contributed by atoms with Gasteiger partial charge in [-0.05, 0) is 29.5 Å². The number of carbonyl (C=O) groups excluding carboxylic acids is 1. The molecule has 0 saturated carbocycles. The molecule has 0 atom stereocenters. The molecule has 1 amide bonds. The number of hydrogen-bond acceptors (Lipinski definition) is 2. The average Bonchev–Trinajstić information content (AvgIpc) is 2.63. The van der Waals surface area contributed by atoms with Gasteiger partial charge in [0.1, 0.15) is 5.69 Å². The Morgan fingerprint density at radius 2 is 1.75 bits per heavy atom. The summed E-state index contributed by atoms with van der Waals surface area (Å²) in [6.45, 7) is 2.96.